The third-order valence-corrected chi connectivity index (χ3v) is 2.71. The summed E-state index contributed by atoms with van der Waals surface area (Å²) in [5.41, 5.74) is 2.57. The molecule has 0 bridgehead atoms. The highest BCUT2D eigenvalue weighted by molar-refractivity contribution is 9.10. The second-order valence-corrected chi connectivity index (χ2v) is 3.68. The molecule has 0 spiro atoms. The predicted molar refractivity (Wildman–Crippen MR) is 52.9 cm³/mol. The average molecular weight is 228 g/mol. The molecule has 0 amide bonds. The Labute approximate surface area is 80.1 Å². The summed E-state index contributed by atoms with van der Waals surface area (Å²) in [6.07, 6.45) is 1.10. The summed E-state index contributed by atoms with van der Waals surface area (Å²) in [5.74, 6) is 0.914. The lowest BCUT2D eigenvalue weighted by molar-refractivity contribution is 0.412. The molecular formula is C9H10BrNO. The van der Waals surface area contributed by atoms with Gasteiger partial charge in [-0.05, 0) is 40.0 Å². The number of benzene rings is 1. The number of fused-ring (bicyclic) bond motifs is 1. The van der Waals surface area contributed by atoms with E-state index in [2.05, 4.69) is 33.4 Å². The van der Waals surface area contributed by atoms with Crippen LogP contribution in [-0.4, -0.2) is 13.7 Å². The van der Waals surface area contributed by atoms with Gasteiger partial charge in [0.1, 0.15) is 5.75 Å². The Morgan fingerprint density at radius 1 is 1.50 bits per heavy atom. The molecule has 2 rings (SSSR count). The lowest BCUT2D eigenvalue weighted by Crippen LogP contribution is -1.90. The summed E-state index contributed by atoms with van der Waals surface area (Å²) in [4.78, 5) is 0. The fraction of sp³-hybridized carbons (Fsp3) is 0.333. The fourth-order valence-corrected chi connectivity index (χ4v) is 1.96. The zero-order valence-corrected chi connectivity index (χ0v) is 8.44. The van der Waals surface area contributed by atoms with Crippen molar-refractivity contribution in [1.29, 1.82) is 0 Å². The summed E-state index contributed by atoms with van der Waals surface area (Å²) in [6, 6.07) is 4.15. The van der Waals surface area contributed by atoms with E-state index in [9.17, 15) is 0 Å². The average Bonchev–Trinajstić information content (AvgIpc) is 2.49. The van der Waals surface area contributed by atoms with Crippen molar-refractivity contribution in [3.8, 4) is 5.75 Å². The Morgan fingerprint density at radius 3 is 3.08 bits per heavy atom. The van der Waals surface area contributed by atoms with E-state index in [0.29, 0.717) is 0 Å². The van der Waals surface area contributed by atoms with Gasteiger partial charge in [-0.3, -0.25) is 0 Å². The maximum absolute atomic E-state index is 5.20. The third kappa shape index (κ3) is 1.18. The minimum Gasteiger partial charge on any atom is -0.496 e. The molecule has 1 N–H and O–H groups in total. The summed E-state index contributed by atoms with van der Waals surface area (Å²) >= 11 is 3.45. The molecule has 1 aliphatic heterocycles. The van der Waals surface area contributed by atoms with E-state index >= 15 is 0 Å². The number of methoxy groups -OCH3 is 1. The number of hydrogen-bond donors (Lipinski definition) is 1. The fourth-order valence-electron chi connectivity index (χ4n) is 1.46. The van der Waals surface area contributed by atoms with E-state index in [-0.39, 0.29) is 0 Å². The first kappa shape index (κ1) is 7.92. The highest BCUT2D eigenvalue weighted by atomic mass is 79.9. The quantitative estimate of drug-likeness (QED) is 0.796. The van der Waals surface area contributed by atoms with Crippen molar-refractivity contribution in [2.45, 2.75) is 6.42 Å². The molecule has 0 fully saturated rings. The van der Waals surface area contributed by atoms with E-state index in [1.807, 2.05) is 0 Å². The molecule has 1 aromatic rings. The second-order valence-electron chi connectivity index (χ2n) is 2.82. The normalized spacial score (nSPS) is 13.8. The standard InChI is InChI=1S/C9H10BrNO/c1-12-9-4-6-2-3-11-8(6)5-7(9)10/h4-5,11H,2-3H2,1H3. The molecule has 0 aromatic heterocycles. The summed E-state index contributed by atoms with van der Waals surface area (Å²) in [5, 5.41) is 3.31. The SMILES string of the molecule is COc1cc2c(cc1Br)NCC2. The van der Waals surface area contributed by atoms with Gasteiger partial charge in [-0.15, -0.1) is 0 Å². The zero-order valence-electron chi connectivity index (χ0n) is 6.86. The van der Waals surface area contributed by atoms with Crippen molar-refractivity contribution >= 4 is 21.6 Å². The smallest absolute Gasteiger partial charge is 0.133 e. The van der Waals surface area contributed by atoms with Crippen LogP contribution in [0, 0.1) is 0 Å². The molecule has 2 nitrogen and oxygen atoms in total. The lowest BCUT2D eigenvalue weighted by Gasteiger charge is -2.05. The van der Waals surface area contributed by atoms with Crippen molar-refractivity contribution in [3.05, 3.63) is 22.2 Å². The molecule has 0 aliphatic carbocycles. The Morgan fingerprint density at radius 2 is 2.33 bits per heavy atom. The van der Waals surface area contributed by atoms with E-state index < -0.39 is 0 Å². The highest BCUT2D eigenvalue weighted by Gasteiger charge is 2.12. The largest absolute Gasteiger partial charge is 0.496 e. The van der Waals surface area contributed by atoms with E-state index in [1.54, 1.807) is 7.11 Å². The van der Waals surface area contributed by atoms with Crippen molar-refractivity contribution < 1.29 is 4.74 Å². The molecule has 64 valence electrons. The van der Waals surface area contributed by atoms with Crippen LogP contribution in [0.2, 0.25) is 0 Å². The van der Waals surface area contributed by atoms with Crippen LogP contribution in [0.3, 0.4) is 0 Å². The molecule has 0 saturated heterocycles. The summed E-state index contributed by atoms with van der Waals surface area (Å²) < 4.78 is 6.21. The Bertz CT molecular complexity index is 311. The minimum atomic E-state index is 0.914. The van der Waals surface area contributed by atoms with Gasteiger partial charge >= 0.3 is 0 Å². The Kier molecular flexibility index (Phi) is 1.97. The number of hydrogen-bond acceptors (Lipinski definition) is 2. The van der Waals surface area contributed by atoms with Gasteiger partial charge in [-0.25, -0.2) is 0 Å². The molecule has 12 heavy (non-hydrogen) atoms. The number of nitrogens with one attached hydrogen (secondary N) is 1. The molecule has 0 atom stereocenters. The van der Waals surface area contributed by atoms with Crippen molar-refractivity contribution in [1.82, 2.24) is 0 Å². The van der Waals surface area contributed by atoms with Crippen LogP contribution in [0.4, 0.5) is 5.69 Å². The van der Waals surface area contributed by atoms with Crippen molar-refractivity contribution in [2.24, 2.45) is 0 Å². The molecule has 1 heterocycles. The number of halogens is 1. The molecule has 1 aliphatic rings. The van der Waals surface area contributed by atoms with Crippen molar-refractivity contribution in [3.63, 3.8) is 0 Å². The van der Waals surface area contributed by atoms with Crippen LogP contribution in [0.1, 0.15) is 5.56 Å². The molecule has 0 saturated carbocycles. The predicted octanol–water partition coefficient (Wildman–Crippen LogP) is 2.43. The molecule has 0 unspecified atom stereocenters. The van der Waals surface area contributed by atoms with Crippen LogP contribution < -0.4 is 10.1 Å². The Hall–Kier alpha value is -0.700. The molecular weight excluding hydrogens is 218 g/mol. The van der Waals surface area contributed by atoms with E-state index in [0.717, 1.165) is 23.2 Å². The van der Waals surface area contributed by atoms with Gasteiger partial charge in [0, 0.05) is 12.2 Å². The number of anilines is 1. The molecule has 3 heteroatoms. The lowest BCUT2D eigenvalue weighted by atomic mass is 10.1. The number of ether oxygens (including phenoxy) is 1. The van der Waals surface area contributed by atoms with E-state index in [1.165, 1.54) is 11.3 Å². The first-order valence-electron chi connectivity index (χ1n) is 3.91. The van der Waals surface area contributed by atoms with Crippen LogP contribution in [0.15, 0.2) is 16.6 Å². The van der Waals surface area contributed by atoms with Gasteiger partial charge < -0.3 is 10.1 Å². The van der Waals surface area contributed by atoms with Crippen LogP contribution in [-0.2, 0) is 6.42 Å². The van der Waals surface area contributed by atoms with Crippen LogP contribution >= 0.6 is 15.9 Å². The maximum Gasteiger partial charge on any atom is 0.133 e. The van der Waals surface area contributed by atoms with Gasteiger partial charge in [0.25, 0.3) is 0 Å². The number of rotatable bonds is 1. The molecule has 0 radical (unpaired) electrons. The topological polar surface area (TPSA) is 21.3 Å². The zero-order chi connectivity index (χ0) is 8.55. The summed E-state index contributed by atoms with van der Waals surface area (Å²) in [7, 11) is 1.69. The first-order valence-corrected chi connectivity index (χ1v) is 4.71. The third-order valence-electron chi connectivity index (χ3n) is 2.09. The van der Waals surface area contributed by atoms with Gasteiger partial charge in [-0.2, -0.15) is 0 Å². The summed E-state index contributed by atoms with van der Waals surface area (Å²) in [6.45, 7) is 1.04. The minimum absolute atomic E-state index is 0.914. The highest BCUT2D eigenvalue weighted by Crippen LogP contribution is 2.33. The van der Waals surface area contributed by atoms with Crippen LogP contribution in [0.25, 0.3) is 0 Å². The van der Waals surface area contributed by atoms with Gasteiger partial charge in [-0.1, -0.05) is 0 Å². The monoisotopic (exact) mass is 227 g/mol. The van der Waals surface area contributed by atoms with E-state index in [4.69, 9.17) is 4.74 Å². The Balaban J connectivity index is 2.49. The first-order chi connectivity index (χ1) is 5.81. The van der Waals surface area contributed by atoms with Crippen molar-refractivity contribution in [2.75, 3.05) is 19.0 Å². The maximum atomic E-state index is 5.20. The second kappa shape index (κ2) is 2.98. The molecule has 1 aromatic carbocycles. The van der Waals surface area contributed by atoms with Gasteiger partial charge in [0.05, 0.1) is 11.6 Å². The van der Waals surface area contributed by atoms with Gasteiger partial charge in [0.2, 0.25) is 0 Å². The van der Waals surface area contributed by atoms with Crippen LogP contribution in [0.5, 0.6) is 5.75 Å². The van der Waals surface area contributed by atoms with Gasteiger partial charge in [0.15, 0.2) is 0 Å².